The van der Waals surface area contributed by atoms with Crippen molar-refractivity contribution < 1.29 is 0 Å². The number of benzene rings is 3. The van der Waals surface area contributed by atoms with E-state index >= 15 is 0 Å². The summed E-state index contributed by atoms with van der Waals surface area (Å²) in [7, 11) is 0. The van der Waals surface area contributed by atoms with Crippen molar-refractivity contribution in [3.05, 3.63) is 125 Å². The number of imidazole rings is 1. The summed E-state index contributed by atoms with van der Waals surface area (Å²) in [5.74, 6) is 0. The monoisotopic (exact) mass is 427 g/mol. The first-order valence-electron chi connectivity index (χ1n) is 10.9. The van der Waals surface area contributed by atoms with Crippen molar-refractivity contribution in [3.63, 3.8) is 0 Å². The lowest BCUT2D eigenvalue weighted by molar-refractivity contribution is 0.331. The van der Waals surface area contributed by atoms with Crippen LogP contribution in [0, 0.1) is 0 Å². The SMILES string of the molecule is Clc1ccc(C(c2ccccc2)(c2ccc(CN3CCCC3)cc2)n2ccnc2)cc1. The summed E-state index contributed by atoms with van der Waals surface area (Å²) in [6, 6.07) is 27.9. The first-order chi connectivity index (χ1) is 15.3. The van der Waals surface area contributed by atoms with Gasteiger partial charge in [-0.3, -0.25) is 4.90 Å². The van der Waals surface area contributed by atoms with Crippen LogP contribution in [0.15, 0.2) is 97.6 Å². The van der Waals surface area contributed by atoms with Gasteiger partial charge in [0.05, 0.1) is 6.33 Å². The van der Waals surface area contributed by atoms with Gasteiger partial charge in [-0.1, -0.05) is 78.3 Å². The van der Waals surface area contributed by atoms with E-state index in [1.807, 2.05) is 30.9 Å². The summed E-state index contributed by atoms with van der Waals surface area (Å²) in [4.78, 5) is 6.93. The quantitative estimate of drug-likeness (QED) is 0.353. The molecule has 4 heteroatoms. The van der Waals surface area contributed by atoms with Crippen molar-refractivity contribution in [2.45, 2.75) is 24.9 Å². The van der Waals surface area contributed by atoms with Gasteiger partial charge in [0.2, 0.25) is 0 Å². The van der Waals surface area contributed by atoms with Gasteiger partial charge < -0.3 is 4.57 Å². The second-order valence-corrected chi connectivity index (χ2v) is 8.67. The zero-order valence-electron chi connectivity index (χ0n) is 17.5. The minimum atomic E-state index is -0.533. The number of rotatable bonds is 6. The molecule has 0 spiro atoms. The Kier molecular flexibility index (Phi) is 5.63. The molecule has 0 bridgehead atoms. The van der Waals surface area contributed by atoms with Crippen LogP contribution in [-0.4, -0.2) is 27.5 Å². The Bertz CT molecular complexity index is 1100. The maximum absolute atomic E-state index is 6.26. The Morgan fingerprint density at radius 2 is 1.39 bits per heavy atom. The van der Waals surface area contributed by atoms with E-state index in [0.717, 1.165) is 17.1 Å². The Morgan fingerprint density at radius 1 is 0.774 bits per heavy atom. The van der Waals surface area contributed by atoms with Gasteiger partial charge in [-0.15, -0.1) is 0 Å². The Morgan fingerprint density at radius 3 is 2.00 bits per heavy atom. The van der Waals surface area contributed by atoms with Crippen molar-refractivity contribution in [1.29, 1.82) is 0 Å². The van der Waals surface area contributed by atoms with Crippen LogP contribution in [0.3, 0.4) is 0 Å². The molecule has 3 aromatic carbocycles. The van der Waals surface area contributed by atoms with Crippen molar-refractivity contribution in [1.82, 2.24) is 14.5 Å². The fraction of sp³-hybridized carbons (Fsp3) is 0.222. The maximum atomic E-state index is 6.26. The molecule has 0 radical (unpaired) electrons. The molecule has 1 aliphatic heterocycles. The molecular weight excluding hydrogens is 402 g/mol. The summed E-state index contributed by atoms with van der Waals surface area (Å²) < 4.78 is 2.20. The number of hydrogen-bond donors (Lipinski definition) is 0. The van der Waals surface area contributed by atoms with Gasteiger partial charge >= 0.3 is 0 Å². The number of hydrogen-bond acceptors (Lipinski definition) is 2. The predicted molar refractivity (Wildman–Crippen MR) is 126 cm³/mol. The van der Waals surface area contributed by atoms with Gasteiger partial charge in [0.1, 0.15) is 5.54 Å². The molecule has 156 valence electrons. The fourth-order valence-electron chi connectivity index (χ4n) is 4.83. The average molecular weight is 428 g/mol. The molecule has 31 heavy (non-hydrogen) atoms. The van der Waals surface area contributed by atoms with Gasteiger partial charge in [0.25, 0.3) is 0 Å². The molecule has 1 fully saturated rings. The van der Waals surface area contributed by atoms with Crippen LogP contribution in [0.25, 0.3) is 0 Å². The largest absolute Gasteiger partial charge is 0.319 e. The molecule has 1 aliphatic rings. The van der Waals surface area contributed by atoms with Gasteiger partial charge in [-0.25, -0.2) is 4.98 Å². The van der Waals surface area contributed by atoms with Gasteiger partial charge in [0, 0.05) is 24.0 Å². The third-order valence-electron chi connectivity index (χ3n) is 6.32. The normalized spacial score (nSPS) is 16.3. The van der Waals surface area contributed by atoms with Crippen LogP contribution in [0.1, 0.15) is 35.1 Å². The maximum Gasteiger partial charge on any atom is 0.121 e. The van der Waals surface area contributed by atoms with Gasteiger partial charge in [-0.2, -0.15) is 0 Å². The number of halogens is 1. The zero-order valence-corrected chi connectivity index (χ0v) is 18.2. The highest BCUT2D eigenvalue weighted by atomic mass is 35.5. The fourth-order valence-corrected chi connectivity index (χ4v) is 4.95. The first kappa shape index (κ1) is 20.0. The smallest absolute Gasteiger partial charge is 0.121 e. The van der Waals surface area contributed by atoms with Crippen LogP contribution in [0.5, 0.6) is 0 Å². The zero-order chi connectivity index (χ0) is 21.1. The van der Waals surface area contributed by atoms with E-state index in [1.54, 1.807) is 0 Å². The van der Waals surface area contributed by atoms with Crippen LogP contribution in [0.2, 0.25) is 5.02 Å². The van der Waals surface area contributed by atoms with E-state index in [-0.39, 0.29) is 0 Å². The Labute approximate surface area is 188 Å². The molecule has 1 saturated heterocycles. The lowest BCUT2D eigenvalue weighted by Gasteiger charge is -2.37. The second kappa shape index (κ2) is 8.70. The van der Waals surface area contributed by atoms with E-state index in [9.17, 15) is 0 Å². The van der Waals surface area contributed by atoms with Crippen molar-refractivity contribution in [2.75, 3.05) is 13.1 Å². The van der Waals surface area contributed by atoms with E-state index in [1.165, 1.54) is 42.6 Å². The van der Waals surface area contributed by atoms with Crippen LogP contribution >= 0.6 is 11.6 Å². The predicted octanol–water partition coefficient (Wildman–Crippen LogP) is 5.97. The summed E-state index contributed by atoms with van der Waals surface area (Å²) in [6.07, 6.45) is 8.41. The topological polar surface area (TPSA) is 21.1 Å². The Balaban J connectivity index is 1.67. The molecule has 0 aliphatic carbocycles. The van der Waals surface area contributed by atoms with E-state index in [2.05, 4.69) is 81.2 Å². The number of likely N-dealkylation sites (tertiary alicyclic amines) is 1. The minimum Gasteiger partial charge on any atom is -0.319 e. The summed E-state index contributed by atoms with van der Waals surface area (Å²) in [5.41, 5.74) is 4.35. The van der Waals surface area contributed by atoms with E-state index in [0.29, 0.717) is 0 Å². The molecule has 4 aromatic rings. The number of nitrogens with zero attached hydrogens (tertiary/aromatic N) is 3. The van der Waals surface area contributed by atoms with E-state index in [4.69, 9.17) is 11.6 Å². The molecule has 3 nitrogen and oxygen atoms in total. The lowest BCUT2D eigenvalue weighted by atomic mass is 9.76. The molecule has 0 amide bonds. The molecule has 2 heterocycles. The number of aromatic nitrogens is 2. The lowest BCUT2D eigenvalue weighted by Crippen LogP contribution is -2.37. The standard InChI is InChI=1S/C27H26ClN3/c28-26-14-12-25(13-15-26)27(31-19-16-29-21-31,23-6-2-1-3-7-23)24-10-8-22(9-11-24)20-30-17-4-5-18-30/h1-3,6-16,19,21H,4-5,17-18,20H2. The van der Waals surface area contributed by atoms with Gasteiger partial charge in [0.15, 0.2) is 0 Å². The van der Waals surface area contributed by atoms with Crippen LogP contribution in [0.4, 0.5) is 0 Å². The summed E-state index contributed by atoms with van der Waals surface area (Å²) >= 11 is 6.26. The van der Waals surface area contributed by atoms with Crippen molar-refractivity contribution >= 4 is 11.6 Å². The summed E-state index contributed by atoms with van der Waals surface area (Å²) in [6.45, 7) is 3.43. The van der Waals surface area contributed by atoms with Crippen molar-refractivity contribution in [2.24, 2.45) is 0 Å². The van der Waals surface area contributed by atoms with E-state index < -0.39 is 5.54 Å². The third-order valence-corrected chi connectivity index (χ3v) is 6.57. The molecular formula is C27H26ClN3. The third kappa shape index (κ3) is 3.80. The highest BCUT2D eigenvalue weighted by Crippen LogP contribution is 2.41. The highest BCUT2D eigenvalue weighted by Gasteiger charge is 2.38. The highest BCUT2D eigenvalue weighted by molar-refractivity contribution is 6.30. The molecule has 0 N–H and O–H groups in total. The van der Waals surface area contributed by atoms with Gasteiger partial charge in [-0.05, 0) is 60.3 Å². The molecule has 1 aromatic heterocycles. The van der Waals surface area contributed by atoms with Crippen LogP contribution < -0.4 is 0 Å². The average Bonchev–Trinajstić information content (AvgIpc) is 3.52. The molecule has 1 atom stereocenters. The molecule has 1 unspecified atom stereocenters. The summed E-state index contributed by atoms with van der Waals surface area (Å²) in [5, 5.41) is 0.734. The van der Waals surface area contributed by atoms with Crippen LogP contribution in [-0.2, 0) is 12.1 Å². The van der Waals surface area contributed by atoms with Crippen molar-refractivity contribution in [3.8, 4) is 0 Å². The second-order valence-electron chi connectivity index (χ2n) is 8.23. The first-order valence-corrected chi connectivity index (χ1v) is 11.3. The minimum absolute atomic E-state index is 0.533. The molecule has 0 saturated carbocycles. The Hall–Kier alpha value is -2.88. The molecule has 5 rings (SSSR count).